The van der Waals surface area contributed by atoms with E-state index < -0.39 is 18.9 Å². The van der Waals surface area contributed by atoms with Crippen molar-refractivity contribution in [2.75, 3.05) is 6.54 Å². The fourth-order valence-corrected chi connectivity index (χ4v) is 1.30. The summed E-state index contributed by atoms with van der Waals surface area (Å²) in [5.74, 6) is -3.04. The molecule has 14 heavy (non-hydrogen) atoms. The average molecular weight is 242 g/mol. The van der Waals surface area contributed by atoms with Crippen LogP contribution in [0, 0.1) is 0 Å². The predicted octanol–water partition coefficient (Wildman–Crippen LogP) is 1.92. The fraction of sp³-hybridized carbons (Fsp3) is 0.429. The first-order valence-electron chi connectivity index (χ1n) is 3.69. The number of nitrogens with two attached hydrogens (primary N) is 1. The van der Waals surface area contributed by atoms with Crippen LogP contribution in [0.25, 0.3) is 0 Å². The monoisotopic (exact) mass is 241 g/mol. The van der Waals surface area contributed by atoms with Crippen LogP contribution in [-0.4, -0.2) is 22.4 Å². The number of halogens is 4. The Kier molecular flexibility index (Phi) is 3.58. The summed E-state index contributed by atoms with van der Waals surface area (Å²) in [7, 11) is 0. The highest BCUT2D eigenvalue weighted by Crippen LogP contribution is 2.27. The maximum Gasteiger partial charge on any atom is 0.264 e. The van der Waals surface area contributed by atoms with Gasteiger partial charge in [0.05, 0.1) is 6.54 Å². The molecule has 0 spiro atoms. The molecular formula is C7H7Cl2F2N3. The van der Waals surface area contributed by atoms with Gasteiger partial charge in [0, 0.05) is 12.0 Å². The summed E-state index contributed by atoms with van der Waals surface area (Å²) < 4.78 is 25.8. The van der Waals surface area contributed by atoms with Crippen molar-refractivity contribution in [1.82, 2.24) is 9.97 Å². The standard InChI is InChI=1S/C7H7Cl2F2N3/c8-5-4(1-7(10,11)2-12)6(9)14-3-13-5/h3H,1-2,12H2. The van der Waals surface area contributed by atoms with Gasteiger partial charge < -0.3 is 5.73 Å². The zero-order chi connectivity index (χ0) is 10.8. The van der Waals surface area contributed by atoms with Gasteiger partial charge >= 0.3 is 0 Å². The van der Waals surface area contributed by atoms with Crippen LogP contribution < -0.4 is 5.73 Å². The van der Waals surface area contributed by atoms with E-state index in [-0.39, 0.29) is 15.9 Å². The van der Waals surface area contributed by atoms with Crippen LogP contribution in [0.15, 0.2) is 6.33 Å². The van der Waals surface area contributed by atoms with E-state index in [0.29, 0.717) is 0 Å². The fourth-order valence-electron chi connectivity index (χ4n) is 0.848. The van der Waals surface area contributed by atoms with Crippen molar-refractivity contribution in [2.24, 2.45) is 5.73 Å². The Hall–Kier alpha value is -0.520. The van der Waals surface area contributed by atoms with Crippen molar-refractivity contribution in [3.63, 3.8) is 0 Å². The lowest BCUT2D eigenvalue weighted by molar-refractivity contribution is 0.0114. The second-order valence-electron chi connectivity index (χ2n) is 2.67. The van der Waals surface area contributed by atoms with Gasteiger partial charge in [0.25, 0.3) is 5.92 Å². The lowest BCUT2D eigenvalue weighted by Crippen LogP contribution is -2.30. The van der Waals surface area contributed by atoms with Crippen molar-refractivity contribution >= 4 is 23.2 Å². The molecule has 3 nitrogen and oxygen atoms in total. The average Bonchev–Trinajstić information content (AvgIpc) is 2.12. The number of alkyl halides is 2. The van der Waals surface area contributed by atoms with Crippen LogP contribution >= 0.6 is 23.2 Å². The minimum Gasteiger partial charge on any atom is -0.325 e. The molecule has 0 atom stereocenters. The highest BCUT2D eigenvalue weighted by molar-refractivity contribution is 6.34. The first kappa shape index (κ1) is 11.6. The lowest BCUT2D eigenvalue weighted by atomic mass is 10.1. The zero-order valence-corrected chi connectivity index (χ0v) is 8.49. The van der Waals surface area contributed by atoms with Gasteiger partial charge in [-0.3, -0.25) is 0 Å². The molecule has 0 aromatic carbocycles. The van der Waals surface area contributed by atoms with E-state index in [2.05, 4.69) is 9.97 Å². The van der Waals surface area contributed by atoms with Gasteiger partial charge in [0.15, 0.2) is 0 Å². The maximum absolute atomic E-state index is 12.9. The third-order valence-corrected chi connectivity index (χ3v) is 2.23. The van der Waals surface area contributed by atoms with Crippen LogP contribution in [0.5, 0.6) is 0 Å². The molecule has 1 rings (SSSR count). The summed E-state index contributed by atoms with van der Waals surface area (Å²) in [6, 6.07) is 0. The van der Waals surface area contributed by atoms with Crippen LogP contribution in [0.3, 0.4) is 0 Å². The summed E-state index contributed by atoms with van der Waals surface area (Å²) in [4.78, 5) is 7.11. The van der Waals surface area contributed by atoms with Crippen LogP contribution in [-0.2, 0) is 6.42 Å². The molecule has 0 bridgehead atoms. The van der Waals surface area contributed by atoms with Crippen LogP contribution in [0.2, 0.25) is 10.3 Å². The van der Waals surface area contributed by atoms with Gasteiger partial charge in [-0.15, -0.1) is 0 Å². The Morgan fingerprint density at radius 3 is 2.21 bits per heavy atom. The Balaban J connectivity index is 2.97. The molecule has 0 fully saturated rings. The first-order valence-corrected chi connectivity index (χ1v) is 4.44. The molecule has 2 N–H and O–H groups in total. The Morgan fingerprint density at radius 2 is 1.79 bits per heavy atom. The number of hydrogen-bond acceptors (Lipinski definition) is 3. The van der Waals surface area contributed by atoms with E-state index in [1.165, 1.54) is 0 Å². The quantitative estimate of drug-likeness (QED) is 0.823. The highest BCUT2D eigenvalue weighted by atomic mass is 35.5. The summed E-state index contributed by atoms with van der Waals surface area (Å²) >= 11 is 11.2. The van der Waals surface area contributed by atoms with E-state index in [1.807, 2.05) is 0 Å². The summed E-state index contributed by atoms with van der Waals surface area (Å²) in [6.07, 6.45) is 0.455. The van der Waals surface area contributed by atoms with Crippen molar-refractivity contribution in [3.8, 4) is 0 Å². The van der Waals surface area contributed by atoms with Gasteiger partial charge in [-0.25, -0.2) is 18.7 Å². The molecule has 0 saturated carbocycles. The van der Waals surface area contributed by atoms with E-state index in [1.54, 1.807) is 0 Å². The van der Waals surface area contributed by atoms with E-state index in [4.69, 9.17) is 28.9 Å². The first-order chi connectivity index (χ1) is 6.46. The van der Waals surface area contributed by atoms with Gasteiger partial charge in [0.2, 0.25) is 0 Å². The third-order valence-electron chi connectivity index (χ3n) is 1.57. The molecule has 1 aromatic rings. The highest BCUT2D eigenvalue weighted by Gasteiger charge is 2.29. The van der Waals surface area contributed by atoms with Crippen molar-refractivity contribution < 1.29 is 8.78 Å². The van der Waals surface area contributed by atoms with E-state index in [0.717, 1.165) is 6.33 Å². The normalized spacial score (nSPS) is 11.8. The van der Waals surface area contributed by atoms with Gasteiger partial charge in [-0.05, 0) is 0 Å². The molecule has 0 aliphatic rings. The molecule has 0 radical (unpaired) electrons. The molecule has 0 saturated heterocycles. The van der Waals surface area contributed by atoms with Gasteiger partial charge in [0.1, 0.15) is 16.6 Å². The van der Waals surface area contributed by atoms with E-state index in [9.17, 15) is 8.78 Å². The predicted molar refractivity (Wildman–Crippen MR) is 49.8 cm³/mol. The molecule has 0 unspecified atom stereocenters. The molecular weight excluding hydrogens is 235 g/mol. The SMILES string of the molecule is NCC(F)(F)Cc1c(Cl)ncnc1Cl. The van der Waals surface area contributed by atoms with Crippen molar-refractivity contribution in [1.29, 1.82) is 0 Å². The number of rotatable bonds is 3. The minimum atomic E-state index is -3.04. The Labute approximate surface area is 89.2 Å². The topological polar surface area (TPSA) is 51.8 Å². The van der Waals surface area contributed by atoms with Crippen LogP contribution in [0.1, 0.15) is 5.56 Å². The lowest BCUT2D eigenvalue weighted by Gasteiger charge is -2.14. The summed E-state index contributed by atoms with van der Waals surface area (Å²) in [6.45, 7) is -0.769. The molecule has 0 aliphatic carbocycles. The molecule has 0 amide bonds. The molecule has 1 heterocycles. The molecule has 78 valence electrons. The second-order valence-corrected chi connectivity index (χ2v) is 3.39. The maximum atomic E-state index is 12.9. The Morgan fingerprint density at radius 1 is 1.29 bits per heavy atom. The largest absolute Gasteiger partial charge is 0.325 e. The second kappa shape index (κ2) is 4.33. The molecule has 7 heteroatoms. The Bertz CT molecular complexity index is 312. The van der Waals surface area contributed by atoms with Gasteiger partial charge in [-0.1, -0.05) is 23.2 Å². The number of hydrogen-bond donors (Lipinski definition) is 1. The van der Waals surface area contributed by atoms with Crippen LogP contribution in [0.4, 0.5) is 8.78 Å². The molecule has 1 aromatic heterocycles. The van der Waals surface area contributed by atoms with Gasteiger partial charge in [-0.2, -0.15) is 0 Å². The zero-order valence-electron chi connectivity index (χ0n) is 6.98. The summed E-state index contributed by atoms with van der Waals surface area (Å²) in [5, 5.41) is -0.142. The minimum absolute atomic E-state index is 0.0197. The van der Waals surface area contributed by atoms with E-state index >= 15 is 0 Å². The number of aromatic nitrogens is 2. The molecule has 0 aliphatic heterocycles. The van der Waals surface area contributed by atoms with Crippen molar-refractivity contribution in [3.05, 3.63) is 22.2 Å². The third kappa shape index (κ3) is 2.73. The number of nitrogens with zero attached hydrogens (tertiary/aromatic N) is 2. The summed E-state index contributed by atoms with van der Waals surface area (Å²) in [5.41, 5.74) is 4.90. The smallest absolute Gasteiger partial charge is 0.264 e. The van der Waals surface area contributed by atoms with Crippen molar-refractivity contribution in [2.45, 2.75) is 12.3 Å².